The number of hydrazone groups is 1. The summed E-state index contributed by atoms with van der Waals surface area (Å²) in [6.07, 6.45) is -0.0231. The molecule has 0 amide bonds. The molecule has 3 aromatic rings. The molecule has 6 nitrogen and oxygen atoms in total. The zero-order valence-electron chi connectivity index (χ0n) is 19.3. The van der Waals surface area contributed by atoms with Crippen LogP contribution in [0.1, 0.15) is 52.0 Å². The Morgan fingerprint density at radius 1 is 1.09 bits per heavy atom. The first kappa shape index (κ1) is 22.0. The van der Waals surface area contributed by atoms with Gasteiger partial charge in [0.25, 0.3) is 5.72 Å². The number of cyclic esters (lactones) is 1. The molecule has 0 saturated carbocycles. The number of carbonyl (C=O) groups excluding carboxylic acids is 2. The van der Waals surface area contributed by atoms with E-state index in [2.05, 4.69) is 28.1 Å². The quantitative estimate of drug-likeness (QED) is 0.426. The van der Waals surface area contributed by atoms with Crippen LogP contribution in [0.15, 0.2) is 76.3 Å². The van der Waals surface area contributed by atoms with E-state index in [1.165, 1.54) is 5.56 Å². The van der Waals surface area contributed by atoms with E-state index in [1.54, 1.807) is 24.1 Å². The van der Waals surface area contributed by atoms with Gasteiger partial charge in [0.15, 0.2) is 6.10 Å². The van der Waals surface area contributed by atoms with Crippen molar-refractivity contribution < 1.29 is 19.1 Å². The first-order valence-corrected chi connectivity index (χ1v) is 12.4. The van der Waals surface area contributed by atoms with Crippen molar-refractivity contribution in [1.82, 2.24) is 5.01 Å². The van der Waals surface area contributed by atoms with E-state index in [9.17, 15) is 9.59 Å². The molecule has 0 aliphatic carbocycles. The van der Waals surface area contributed by atoms with Crippen molar-refractivity contribution in [2.75, 3.05) is 0 Å². The number of ether oxygens (including phenoxy) is 2. The van der Waals surface area contributed by atoms with Gasteiger partial charge in [-0.3, -0.25) is 4.79 Å². The first-order valence-electron chi connectivity index (χ1n) is 11.6. The Balaban J connectivity index is 1.41. The molecule has 3 heterocycles. The number of hydrogen-bond acceptors (Lipinski definition) is 6. The Kier molecular flexibility index (Phi) is 5.07. The highest BCUT2D eigenvalue weighted by Crippen LogP contribution is 2.48. The van der Waals surface area contributed by atoms with E-state index in [4.69, 9.17) is 14.6 Å². The molecule has 6 rings (SSSR count). The highest BCUT2D eigenvalue weighted by atomic mass is 79.9. The maximum absolute atomic E-state index is 14.0. The minimum atomic E-state index is -1.44. The summed E-state index contributed by atoms with van der Waals surface area (Å²) in [5.41, 5.74) is 3.89. The van der Waals surface area contributed by atoms with Gasteiger partial charge in [-0.2, -0.15) is 5.10 Å². The van der Waals surface area contributed by atoms with Crippen LogP contribution < -0.4 is 4.74 Å². The monoisotopic (exact) mass is 530 g/mol. The van der Waals surface area contributed by atoms with Gasteiger partial charge in [0.2, 0.25) is 5.78 Å². The zero-order valence-corrected chi connectivity index (χ0v) is 20.9. The molecule has 35 heavy (non-hydrogen) atoms. The second-order valence-electron chi connectivity index (χ2n) is 9.36. The van der Waals surface area contributed by atoms with Crippen molar-refractivity contribution >= 4 is 33.4 Å². The number of fused-ring (bicyclic) bond motifs is 4. The van der Waals surface area contributed by atoms with Gasteiger partial charge in [-0.25, -0.2) is 9.80 Å². The van der Waals surface area contributed by atoms with Crippen LogP contribution >= 0.6 is 15.9 Å². The number of Topliss-reactive ketones (excluding diaryl/α,β-unsaturated/α-hetero) is 1. The summed E-state index contributed by atoms with van der Waals surface area (Å²) in [6, 6.07) is 21.0. The van der Waals surface area contributed by atoms with Crippen LogP contribution in [-0.4, -0.2) is 34.3 Å². The summed E-state index contributed by atoms with van der Waals surface area (Å²) in [5, 5.41) is 6.68. The number of rotatable bonds is 3. The van der Waals surface area contributed by atoms with E-state index in [0.717, 1.165) is 26.9 Å². The summed E-state index contributed by atoms with van der Waals surface area (Å²) < 4.78 is 12.9. The van der Waals surface area contributed by atoms with Crippen molar-refractivity contribution in [3.05, 3.63) is 99.0 Å². The SMILES string of the molecule is Cc1ccc(C2=NN3[C@H](C2)c2cc(Br)ccc2O[C@@]3(C)C(=O)[C@@H]2Cc3ccccc3C(=O)O2)cc1. The number of halogens is 1. The fraction of sp³-hybridized carbons (Fsp3) is 0.250. The Hall–Kier alpha value is -3.45. The molecule has 3 aliphatic rings. The number of nitrogens with zero attached hydrogens (tertiary/aromatic N) is 2. The second-order valence-corrected chi connectivity index (χ2v) is 10.3. The third-order valence-electron chi connectivity index (χ3n) is 7.01. The summed E-state index contributed by atoms with van der Waals surface area (Å²) in [6.45, 7) is 3.77. The van der Waals surface area contributed by atoms with E-state index < -0.39 is 17.8 Å². The molecule has 0 N–H and O–H groups in total. The van der Waals surface area contributed by atoms with Crippen molar-refractivity contribution in [1.29, 1.82) is 0 Å². The molecule has 0 aromatic heterocycles. The molecule has 0 radical (unpaired) electrons. The van der Waals surface area contributed by atoms with Crippen LogP contribution in [0.5, 0.6) is 5.75 Å². The molecule has 0 fully saturated rings. The van der Waals surface area contributed by atoms with Crippen molar-refractivity contribution in [2.24, 2.45) is 5.10 Å². The Morgan fingerprint density at radius 2 is 1.86 bits per heavy atom. The van der Waals surface area contributed by atoms with Gasteiger partial charge in [-0.15, -0.1) is 0 Å². The van der Waals surface area contributed by atoms with Crippen LogP contribution in [0, 0.1) is 6.92 Å². The Labute approximate surface area is 211 Å². The normalized spacial score (nSPS) is 24.5. The van der Waals surface area contributed by atoms with Gasteiger partial charge in [-0.05, 0) is 42.3 Å². The van der Waals surface area contributed by atoms with Gasteiger partial charge in [0.05, 0.1) is 17.3 Å². The molecule has 3 aliphatic heterocycles. The smallest absolute Gasteiger partial charge is 0.339 e. The van der Waals surface area contributed by atoms with Crippen LogP contribution in [0.3, 0.4) is 0 Å². The predicted molar refractivity (Wildman–Crippen MR) is 134 cm³/mol. The lowest BCUT2D eigenvalue weighted by Crippen LogP contribution is -2.61. The lowest BCUT2D eigenvalue weighted by atomic mass is 9.89. The van der Waals surface area contributed by atoms with E-state index >= 15 is 0 Å². The fourth-order valence-corrected chi connectivity index (χ4v) is 5.52. The van der Waals surface area contributed by atoms with Crippen molar-refractivity contribution in [3.8, 4) is 5.75 Å². The molecule has 176 valence electrons. The zero-order chi connectivity index (χ0) is 24.3. The first-order chi connectivity index (χ1) is 16.8. The minimum Gasteiger partial charge on any atom is -0.459 e. The maximum Gasteiger partial charge on any atom is 0.339 e. The van der Waals surface area contributed by atoms with E-state index in [1.807, 2.05) is 49.4 Å². The van der Waals surface area contributed by atoms with E-state index in [0.29, 0.717) is 24.2 Å². The third-order valence-corrected chi connectivity index (χ3v) is 7.51. The number of benzene rings is 3. The Bertz CT molecular complexity index is 1400. The molecule has 0 unspecified atom stereocenters. The molecule has 0 spiro atoms. The van der Waals surface area contributed by atoms with Gasteiger partial charge in [-0.1, -0.05) is 64.0 Å². The second kappa shape index (κ2) is 8.05. The summed E-state index contributed by atoms with van der Waals surface area (Å²) in [7, 11) is 0. The maximum atomic E-state index is 14.0. The fourth-order valence-electron chi connectivity index (χ4n) is 5.14. The number of ketones is 1. The number of carbonyl (C=O) groups is 2. The number of hydrogen-bond donors (Lipinski definition) is 0. The largest absolute Gasteiger partial charge is 0.459 e. The topological polar surface area (TPSA) is 68.2 Å². The Morgan fingerprint density at radius 3 is 2.66 bits per heavy atom. The average Bonchev–Trinajstić information content (AvgIpc) is 3.31. The molecular formula is C28H23BrN2O4. The highest BCUT2D eigenvalue weighted by molar-refractivity contribution is 9.10. The van der Waals surface area contributed by atoms with Crippen molar-refractivity contribution in [3.63, 3.8) is 0 Å². The predicted octanol–water partition coefficient (Wildman–Crippen LogP) is 5.37. The van der Waals surface area contributed by atoms with Crippen molar-refractivity contribution in [2.45, 2.75) is 44.6 Å². The lowest BCUT2D eigenvalue weighted by Gasteiger charge is -2.45. The highest BCUT2D eigenvalue weighted by Gasteiger charge is 2.55. The van der Waals surface area contributed by atoms with Gasteiger partial charge in [0.1, 0.15) is 5.75 Å². The molecule has 0 saturated heterocycles. The van der Waals surface area contributed by atoms with E-state index in [-0.39, 0.29) is 11.8 Å². The molecule has 3 aromatic carbocycles. The average molecular weight is 531 g/mol. The van der Waals surface area contributed by atoms with Crippen LogP contribution in [-0.2, 0) is 16.0 Å². The minimum absolute atomic E-state index is 0.187. The summed E-state index contributed by atoms with van der Waals surface area (Å²) >= 11 is 3.56. The molecular weight excluding hydrogens is 508 g/mol. The van der Waals surface area contributed by atoms with Gasteiger partial charge in [0, 0.05) is 29.8 Å². The standard InChI is InChI=1S/C28H23BrN2O4/c1-16-7-9-17(10-8-16)22-15-23-21-14-19(29)11-12-24(21)35-28(2,31(23)30-22)26(32)25-13-18-5-3-4-6-20(18)27(33)34-25/h3-12,14,23,25H,13,15H2,1-2H3/t23-,25+,28+/m1/s1. The van der Waals surface area contributed by atoms with Crippen LogP contribution in [0.2, 0.25) is 0 Å². The summed E-state index contributed by atoms with van der Waals surface area (Å²) in [5.74, 6) is -0.184. The number of esters is 1. The van der Waals surface area contributed by atoms with Crippen LogP contribution in [0.4, 0.5) is 0 Å². The molecule has 0 bridgehead atoms. The third kappa shape index (κ3) is 3.57. The molecule has 3 atom stereocenters. The molecule has 7 heteroatoms. The van der Waals surface area contributed by atoms with Gasteiger partial charge < -0.3 is 9.47 Å². The number of aryl methyl sites for hydroxylation is 1. The van der Waals surface area contributed by atoms with Gasteiger partial charge >= 0.3 is 5.97 Å². The summed E-state index contributed by atoms with van der Waals surface area (Å²) in [4.78, 5) is 26.7. The lowest BCUT2D eigenvalue weighted by molar-refractivity contribution is -0.168. The van der Waals surface area contributed by atoms with Crippen LogP contribution in [0.25, 0.3) is 0 Å².